The summed E-state index contributed by atoms with van der Waals surface area (Å²) in [6, 6.07) is 3.48. The molecule has 2 aromatic heterocycles. The molecule has 0 bridgehead atoms. The molecule has 1 saturated heterocycles. The Morgan fingerprint density at radius 1 is 1.41 bits per heavy atom. The van der Waals surface area contributed by atoms with E-state index in [1.165, 1.54) is 0 Å². The molecule has 0 aliphatic carbocycles. The second-order valence-electron chi connectivity index (χ2n) is 5.07. The Kier molecular flexibility index (Phi) is 4.37. The molecule has 0 aromatic carbocycles. The summed E-state index contributed by atoms with van der Waals surface area (Å²) in [5, 5.41) is 12.6. The molecule has 7 nitrogen and oxygen atoms in total. The number of aliphatic hydroxyl groups excluding tert-OH is 1. The summed E-state index contributed by atoms with van der Waals surface area (Å²) in [5.74, 6) is 0.892. The van der Waals surface area contributed by atoms with Crippen LogP contribution in [-0.4, -0.2) is 52.3 Å². The molecule has 3 rings (SSSR count). The summed E-state index contributed by atoms with van der Waals surface area (Å²) in [6.45, 7) is 1.93. The lowest BCUT2D eigenvalue weighted by atomic mass is 10.2. The van der Waals surface area contributed by atoms with E-state index in [1.807, 2.05) is 4.90 Å². The van der Waals surface area contributed by atoms with E-state index in [0.717, 1.165) is 5.56 Å². The van der Waals surface area contributed by atoms with Gasteiger partial charge in [-0.3, -0.25) is 9.78 Å². The molecule has 1 aliphatic heterocycles. The SMILES string of the molecule is O=c1[nH]c(-c2ccncc2)nc(N2CCN[C@@H](CO)C2)c1Cl. The molecule has 1 atom stereocenters. The van der Waals surface area contributed by atoms with E-state index in [4.69, 9.17) is 11.6 Å². The van der Waals surface area contributed by atoms with E-state index in [0.29, 0.717) is 31.3 Å². The molecule has 0 unspecified atom stereocenters. The Bertz CT molecular complexity index is 706. The maximum absolute atomic E-state index is 12.1. The van der Waals surface area contributed by atoms with Gasteiger partial charge in [0.05, 0.1) is 6.61 Å². The third-order valence-corrected chi connectivity index (χ3v) is 3.92. The van der Waals surface area contributed by atoms with Gasteiger partial charge in [0.25, 0.3) is 5.56 Å². The fourth-order valence-electron chi connectivity index (χ4n) is 2.44. The van der Waals surface area contributed by atoms with Crippen LogP contribution in [-0.2, 0) is 0 Å². The summed E-state index contributed by atoms with van der Waals surface area (Å²) in [6.07, 6.45) is 3.27. The van der Waals surface area contributed by atoms with E-state index in [2.05, 4.69) is 20.3 Å². The first-order chi connectivity index (χ1) is 10.7. The van der Waals surface area contributed by atoms with Crippen LogP contribution in [0.25, 0.3) is 11.4 Å². The topological polar surface area (TPSA) is 94.1 Å². The smallest absolute Gasteiger partial charge is 0.272 e. The first kappa shape index (κ1) is 15.0. The largest absolute Gasteiger partial charge is 0.395 e. The van der Waals surface area contributed by atoms with Crippen LogP contribution in [0.5, 0.6) is 0 Å². The summed E-state index contributed by atoms with van der Waals surface area (Å²) in [4.78, 5) is 25.1. The highest BCUT2D eigenvalue weighted by molar-refractivity contribution is 6.32. The Balaban J connectivity index is 2.00. The number of hydrogen-bond acceptors (Lipinski definition) is 6. The number of aromatic nitrogens is 3. The lowest BCUT2D eigenvalue weighted by Gasteiger charge is -2.34. The van der Waals surface area contributed by atoms with E-state index in [1.54, 1.807) is 24.5 Å². The van der Waals surface area contributed by atoms with Crippen LogP contribution in [0, 0.1) is 0 Å². The van der Waals surface area contributed by atoms with E-state index in [-0.39, 0.29) is 23.2 Å². The number of pyridine rings is 1. The summed E-state index contributed by atoms with van der Waals surface area (Å²) >= 11 is 6.13. The minimum absolute atomic E-state index is 0.0223. The predicted octanol–water partition coefficient (Wildman–Crippen LogP) is 0.256. The molecule has 3 heterocycles. The Morgan fingerprint density at radius 2 is 2.18 bits per heavy atom. The molecule has 0 radical (unpaired) electrons. The number of hydrogen-bond donors (Lipinski definition) is 3. The van der Waals surface area contributed by atoms with Crippen molar-refractivity contribution in [3.63, 3.8) is 0 Å². The third-order valence-electron chi connectivity index (χ3n) is 3.57. The van der Waals surface area contributed by atoms with Crippen LogP contribution < -0.4 is 15.8 Å². The molecule has 116 valence electrons. The zero-order valence-electron chi connectivity index (χ0n) is 11.8. The first-order valence-corrected chi connectivity index (χ1v) is 7.36. The van der Waals surface area contributed by atoms with Crippen molar-refractivity contribution < 1.29 is 5.11 Å². The fraction of sp³-hybridized carbons (Fsp3) is 0.357. The number of rotatable bonds is 3. The number of aliphatic hydroxyl groups is 1. The van der Waals surface area contributed by atoms with Crippen LogP contribution in [0.15, 0.2) is 29.3 Å². The van der Waals surface area contributed by atoms with Gasteiger partial charge in [-0.15, -0.1) is 0 Å². The van der Waals surface area contributed by atoms with E-state index < -0.39 is 0 Å². The first-order valence-electron chi connectivity index (χ1n) is 6.98. The van der Waals surface area contributed by atoms with Crippen molar-refractivity contribution in [2.24, 2.45) is 0 Å². The van der Waals surface area contributed by atoms with E-state index >= 15 is 0 Å². The molecule has 1 aliphatic rings. The van der Waals surface area contributed by atoms with Crippen molar-refractivity contribution in [3.05, 3.63) is 39.9 Å². The number of halogens is 1. The van der Waals surface area contributed by atoms with Crippen LogP contribution in [0.4, 0.5) is 5.82 Å². The second-order valence-corrected chi connectivity index (χ2v) is 5.45. The van der Waals surface area contributed by atoms with Crippen molar-refractivity contribution in [3.8, 4) is 11.4 Å². The highest BCUT2D eigenvalue weighted by Crippen LogP contribution is 2.23. The van der Waals surface area contributed by atoms with Crippen molar-refractivity contribution in [1.29, 1.82) is 0 Å². The normalized spacial score (nSPS) is 18.5. The van der Waals surface area contributed by atoms with Crippen molar-refractivity contribution in [2.75, 3.05) is 31.1 Å². The van der Waals surface area contributed by atoms with Crippen LogP contribution in [0.1, 0.15) is 0 Å². The van der Waals surface area contributed by atoms with Gasteiger partial charge in [-0.25, -0.2) is 4.98 Å². The number of H-pyrrole nitrogens is 1. The van der Waals surface area contributed by atoms with Crippen molar-refractivity contribution in [1.82, 2.24) is 20.3 Å². The maximum atomic E-state index is 12.1. The van der Waals surface area contributed by atoms with Gasteiger partial charge in [-0.05, 0) is 12.1 Å². The number of anilines is 1. The average molecular weight is 322 g/mol. The van der Waals surface area contributed by atoms with Gasteiger partial charge in [-0.2, -0.15) is 0 Å². The maximum Gasteiger partial charge on any atom is 0.272 e. The van der Waals surface area contributed by atoms with Gasteiger partial charge in [0.1, 0.15) is 10.8 Å². The van der Waals surface area contributed by atoms with E-state index in [9.17, 15) is 9.90 Å². The predicted molar refractivity (Wildman–Crippen MR) is 84.2 cm³/mol. The molecular weight excluding hydrogens is 306 g/mol. The minimum atomic E-state index is -0.377. The zero-order valence-corrected chi connectivity index (χ0v) is 12.5. The summed E-state index contributed by atoms with van der Waals surface area (Å²) < 4.78 is 0. The Morgan fingerprint density at radius 3 is 2.91 bits per heavy atom. The molecule has 2 aromatic rings. The fourth-order valence-corrected chi connectivity index (χ4v) is 2.65. The van der Waals surface area contributed by atoms with Gasteiger partial charge in [0.2, 0.25) is 0 Å². The Hall–Kier alpha value is -1.96. The molecule has 0 spiro atoms. The van der Waals surface area contributed by atoms with Gasteiger partial charge in [-0.1, -0.05) is 11.6 Å². The zero-order chi connectivity index (χ0) is 15.5. The summed E-state index contributed by atoms with van der Waals surface area (Å²) in [7, 11) is 0. The second kappa shape index (κ2) is 6.43. The molecule has 0 amide bonds. The van der Waals surface area contributed by atoms with Crippen LogP contribution in [0.2, 0.25) is 5.02 Å². The van der Waals surface area contributed by atoms with Crippen molar-refractivity contribution in [2.45, 2.75) is 6.04 Å². The summed E-state index contributed by atoms with van der Waals surface area (Å²) in [5.41, 5.74) is 0.386. The van der Waals surface area contributed by atoms with Gasteiger partial charge < -0.3 is 20.3 Å². The van der Waals surface area contributed by atoms with Gasteiger partial charge >= 0.3 is 0 Å². The average Bonchev–Trinajstić information content (AvgIpc) is 2.58. The Labute approximate surface area is 132 Å². The standard InChI is InChI=1S/C14H16ClN5O2/c15-11-13(20-6-5-17-10(7-20)8-21)18-12(19-14(11)22)9-1-3-16-4-2-9/h1-4,10,17,21H,5-8H2,(H,18,19,22)/t10-/m1/s1. The third kappa shape index (κ3) is 2.96. The number of nitrogens with zero attached hydrogens (tertiary/aromatic N) is 3. The van der Waals surface area contributed by atoms with Crippen molar-refractivity contribution >= 4 is 17.4 Å². The molecule has 3 N–H and O–H groups in total. The molecule has 1 fully saturated rings. The lowest BCUT2D eigenvalue weighted by Crippen LogP contribution is -2.52. The highest BCUT2D eigenvalue weighted by atomic mass is 35.5. The van der Waals surface area contributed by atoms with Crippen LogP contribution in [0.3, 0.4) is 0 Å². The quantitative estimate of drug-likeness (QED) is 0.750. The number of nitrogens with one attached hydrogen (secondary N) is 2. The van der Waals surface area contributed by atoms with Gasteiger partial charge in [0, 0.05) is 43.6 Å². The molecular formula is C14H16ClN5O2. The molecule has 22 heavy (non-hydrogen) atoms. The monoisotopic (exact) mass is 321 g/mol. The highest BCUT2D eigenvalue weighted by Gasteiger charge is 2.23. The minimum Gasteiger partial charge on any atom is -0.395 e. The van der Waals surface area contributed by atoms with Crippen LogP contribution >= 0.6 is 11.6 Å². The lowest BCUT2D eigenvalue weighted by molar-refractivity contribution is 0.235. The number of piperazine rings is 1. The number of aromatic amines is 1. The molecule has 8 heteroatoms. The van der Waals surface area contributed by atoms with Gasteiger partial charge in [0.15, 0.2) is 5.82 Å². The molecule has 0 saturated carbocycles.